The molecule has 1 saturated heterocycles. The minimum absolute atomic E-state index is 0.0830. The molecule has 1 aliphatic heterocycles. The quantitative estimate of drug-likeness (QED) is 0.763. The van der Waals surface area contributed by atoms with Gasteiger partial charge >= 0.3 is 6.18 Å². The van der Waals surface area contributed by atoms with Crippen LogP contribution in [-0.2, 0) is 9.47 Å². The maximum absolute atomic E-state index is 11.8. The van der Waals surface area contributed by atoms with Crippen LogP contribution in [0.3, 0.4) is 0 Å². The van der Waals surface area contributed by atoms with E-state index in [0.717, 1.165) is 12.8 Å². The molecule has 3 nitrogen and oxygen atoms in total. The Balaban J connectivity index is 2.06. The molecule has 0 aromatic heterocycles. The van der Waals surface area contributed by atoms with Crippen molar-refractivity contribution in [2.24, 2.45) is 0 Å². The summed E-state index contributed by atoms with van der Waals surface area (Å²) in [7, 11) is 0. The van der Waals surface area contributed by atoms with Crippen molar-refractivity contribution in [3.05, 3.63) is 0 Å². The van der Waals surface area contributed by atoms with Gasteiger partial charge in [0.1, 0.15) is 6.61 Å². The van der Waals surface area contributed by atoms with Gasteiger partial charge in [0, 0.05) is 12.6 Å². The van der Waals surface area contributed by atoms with Crippen LogP contribution in [0.1, 0.15) is 26.7 Å². The van der Waals surface area contributed by atoms with Gasteiger partial charge in [-0.05, 0) is 26.7 Å². The fraction of sp³-hybridized carbons (Fsp3) is 1.00. The molecule has 0 radical (unpaired) electrons. The Labute approximate surface area is 99.7 Å². The third-order valence-electron chi connectivity index (χ3n) is 2.64. The van der Waals surface area contributed by atoms with Crippen molar-refractivity contribution >= 4 is 0 Å². The van der Waals surface area contributed by atoms with Crippen LogP contribution in [0, 0.1) is 0 Å². The van der Waals surface area contributed by atoms with Gasteiger partial charge in [-0.2, -0.15) is 13.2 Å². The van der Waals surface area contributed by atoms with Gasteiger partial charge in [-0.1, -0.05) is 0 Å². The SMILES string of the molecule is CC1CC(NCCOCC(F)(F)F)CC(C)O1. The van der Waals surface area contributed by atoms with Gasteiger partial charge in [-0.25, -0.2) is 0 Å². The van der Waals surface area contributed by atoms with E-state index < -0.39 is 12.8 Å². The molecule has 0 aromatic rings. The Morgan fingerprint density at radius 1 is 1.24 bits per heavy atom. The second-order valence-electron chi connectivity index (χ2n) is 4.55. The van der Waals surface area contributed by atoms with Crippen LogP contribution in [0.4, 0.5) is 13.2 Å². The van der Waals surface area contributed by atoms with E-state index in [4.69, 9.17) is 4.74 Å². The third-order valence-corrected chi connectivity index (χ3v) is 2.64. The normalized spacial score (nSPS) is 30.5. The first-order valence-corrected chi connectivity index (χ1v) is 5.90. The zero-order chi connectivity index (χ0) is 12.9. The average molecular weight is 255 g/mol. The summed E-state index contributed by atoms with van der Waals surface area (Å²) in [5.74, 6) is 0. The monoisotopic (exact) mass is 255 g/mol. The van der Waals surface area contributed by atoms with E-state index in [1.807, 2.05) is 13.8 Å². The molecule has 0 aliphatic carbocycles. The number of halogens is 3. The van der Waals surface area contributed by atoms with Crippen molar-refractivity contribution in [3.63, 3.8) is 0 Å². The minimum atomic E-state index is -4.23. The Morgan fingerprint density at radius 3 is 2.35 bits per heavy atom. The summed E-state index contributed by atoms with van der Waals surface area (Å²) >= 11 is 0. The lowest BCUT2D eigenvalue weighted by atomic mass is 10.00. The van der Waals surface area contributed by atoms with Gasteiger partial charge < -0.3 is 14.8 Å². The second kappa shape index (κ2) is 6.56. The molecule has 1 aliphatic rings. The Bertz CT molecular complexity index is 213. The highest BCUT2D eigenvalue weighted by molar-refractivity contribution is 4.78. The van der Waals surface area contributed by atoms with Crippen molar-refractivity contribution in [3.8, 4) is 0 Å². The summed E-state index contributed by atoms with van der Waals surface area (Å²) < 4.78 is 45.4. The number of ether oxygens (including phenoxy) is 2. The molecule has 0 amide bonds. The average Bonchev–Trinajstić information content (AvgIpc) is 2.13. The van der Waals surface area contributed by atoms with Gasteiger partial charge in [-0.3, -0.25) is 0 Å². The van der Waals surface area contributed by atoms with Gasteiger partial charge in [0.15, 0.2) is 0 Å². The summed E-state index contributed by atoms with van der Waals surface area (Å²) in [5, 5.41) is 3.20. The van der Waals surface area contributed by atoms with Gasteiger partial charge in [0.2, 0.25) is 0 Å². The van der Waals surface area contributed by atoms with E-state index in [-0.39, 0.29) is 18.8 Å². The summed E-state index contributed by atoms with van der Waals surface area (Å²) in [6.45, 7) is 3.37. The summed E-state index contributed by atoms with van der Waals surface area (Å²) in [6, 6.07) is 0.309. The molecule has 1 N–H and O–H groups in total. The molecular formula is C11H20F3NO2. The fourth-order valence-electron chi connectivity index (χ4n) is 2.10. The maximum Gasteiger partial charge on any atom is 0.411 e. The lowest BCUT2D eigenvalue weighted by Crippen LogP contribution is -2.42. The lowest BCUT2D eigenvalue weighted by Gasteiger charge is -2.32. The van der Waals surface area contributed by atoms with Crippen LogP contribution >= 0.6 is 0 Å². The third kappa shape index (κ3) is 6.85. The van der Waals surface area contributed by atoms with Gasteiger partial charge in [0.05, 0.1) is 18.8 Å². The van der Waals surface area contributed by atoms with E-state index in [9.17, 15) is 13.2 Å². The van der Waals surface area contributed by atoms with Crippen molar-refractivity contribution in [2.75, 3.05) is 19.8 Å². The number of hydrogen-bond donors (Lipinski definition) is 1. The lowest BCUT2D eigenvalue weighted by molar-refractivity contribution is -0.173. The second-order valence-corrected chi connectivity index (χ2v) is 4.55. The van der Waals surface area contributed by atoms with Crippen molar-refractivity contribution in [2.45, 2.75) is 51.1 Å². The van der Waals surface area contributed by atoms with Crippen LogP contribution in [0.5, 0.6) is 0 Å². The number of alkyl halides is 3. The van der Waals surface area contributed by atoms with E-state index in [1.165, 1.54) is 0 Å². The predicted molar refractivity (Wildman–Crippen MR) is 57.9 cm³/mol. The summed E-state index contributed by atoms with van der Waals surface area (Å²) in [5.41, 5.74) is 0. The van der Waals surface area contributed by atoms with Crippen molar-refractivity contribution < 1.29 is 22.6 Å². The molecule has 1 fully saturated rings. The highest BCUT2D eigenvalue weighted by Crippen LogP contribution is 2.18. The van der Waals surface area contributed by atoms with Crippen LogP contribution in [-0.4, -0.2) is 44.2 Å². The minimum Gasteiger partial charge on any atom is -0.375 e. The van der Waals surface area contributed by atoms with E-state index in [0.29, 0.717) is 12.6 Å². The smallest absolute Gasteiger partial charge is 0.375 e. The maximum atomic E-state index is 11.8. The molecule has 102 valence electrons. The molecule has 0 saturated carbocycles. The Morgan fingerprint density at radius 2 is 1.82 bits per heavy atom. The van der Waals surface area contributed by atoms with Crippen molar-refractivity contribution in [1.29, 1.82) is 0 Å². The highest BCUT2D eigenvalue weighted by Gasteiger charge is 2.27. The standard InChI is InChI=1S/C11H20F3NO2/c1-8-5-10(6-9(2)17-8)15-3-4-16-7-11(12,13)14/h8-10,15H,3-7H2,1-2H3. The number of nitrogens with one attached hydrogen (secondary N) is 1. The molecule has 0 aromatic carbocycles. The molecule has 6 heteroatoms. The van der Waals surface area contributed by atoms with Crippen LogP contribution in [0.2, 0.25) is 0 Å². The molecular weight excluding hydrogens is 235 g/mol. The van der Waals surface area contributed by atoms with Gasteiger partial charge in [0.25, 0.3) is 0 Å². The highest BCUT2D eigenvalue weighted by atomic mass is 19.4. The molecule has 0 spiro atoms. The first-order valence-electron chi connectivity index (χ1n) is 5.90. The van der Waals surface area contributed by atoms with Crippen LogP contribution in [0.15, 0.2) is 0 Å². The zero-order valence-corrected chi connectivity index (χ0v) is 10.2. The topological polar surface area (TPSA) is 30.5 Å². The van der Waals surface area contributed by atoms with Gasteiger partial charge in [-0.15, -0.1) is 0 Å². The molecule has 1 heterocycles. The fourth-order valence-corrected chi connectivity index (χ4v) is 2.10. The summed E-state index contributed by atoms with van der Waals surface area (Å²) in [6.07, 6.45) is -2.05. The van der Waals surface area contributed by atoms with E-state index in [1.54, 1.807) is 0 Å². The Kier molecular flexibility index (Phi) is 5.69. The number of hydrogen-bond acceptors (Lipinski definition) is 3. The van der Waals surface area contributed by atoms with Crippen LogP contribution < -0.4 is 5.32 Å². The van der Waals surface area contributed by atoms with E-state index >= 15 is 0 Å². The molecule has 0 bridgehead atoms. The molecule has 17 heavy (non-hydrogen) atoms. The Hall–Kier alpha value is -0.330. The van der Waals surface area contributed by atoms with E-state index in [2.05, 4.69) is 10.1 Å². The van der Waals surface area contributed by atoms with Crippen LogP contribution in [0.25, 0.3) is 0 Å². The molecule has 2 unspecified atom stereocenters. The number of rotatable bonds is 5. The predicted octanol–water partition coefficient (Wildman–Crippen LogP) is 2.11. The first-order chi connectivity index (χ1) is 7.87. The largest absolute Gasteiger partial charge is 0.411 e. The molecule has 1 rings (SSSR count). The van der Waals surface area contributed by atoms with Crippen molar-refractivity contribution in [1.82, 2.24) is 5.32 Å². The molecule has 2 atom stereocenters. The first kappa shape index (κ1) is 14.7. The summed E-state index contributed by atoms with van der Waals surface area (Å²) in [4.78, 5) is 0. The zero-order valence-electron chi connectivity index (χ0n) is 10.2.